The number of pyridine rings is 1. The quantitative estimate of drug-likeness (QED) is 0.756. The van der Waals surface area contributed by atoms with Crippen molar-refractivity contribution in [2.24, 2.45) is 0 Å². The van der Waals surface area contributed by atoms with Crippen molar-refractivity contribution in [1.29, 1.82) is 0 Å². The average Bonchev–Trinajstić information content (AvgIpc) is 2.34. The van der Waals surface area contributed by atoms with Crippen LogP contribution < -0.4 is 5.32 Å². The molecule has 0 radical (unpaired) electrons. The number of aromatic nitrogens is 1. The van der Waals surface area contributed by atoms with E-state index in [2.05, 4.69) is 10.3 Å². The van der Waals surface area contributed by atoms with Crippen LogP contribution in [0.5, 0.6) is 0 Å². The van der Waals surface area contributed by atoms with Crippen molar-refractivity contribution < 1.29 is 9.84 Å². The SMILES string of the molecule is CC(C)OCC(O)CN[C@@H](C)c1cccnc1. The van der Waals surface area contributed by atoms with Crippen molar-refractivity contribution in [1.82, 2.24) is 10.3 Å². The minimum Gasteiger partial charge on any atom is -0.389 e. The first-order chi connectivity index (χ1) is 8.09. The molecule has 1 aromatic rings. The molecule has 2 atom stereocenters. The van der Waals surface area contributed by atoms with Crippen LogP contribution >= 0.6 is 0 Å². The molecule has 0 aromatic carbocycles. The van der Waals surface area contributed by atoms with Gasteiger partial charge in [0.05, 0.1) is 18.8 Å². The van der Waals surface area contributed by atoms with Gasteiger partial charge >= 0.3 is 0 Å². The minimum atomic E-state index is -0.475. The van der Waals surface area contributed by atoms with Crippen LogP contribution in [0, 0.1) is 0 Å². The van der Waals surface area contributed by atoms with Gasteiger partial charge in [-0.2, -0.15) is 0 Å². The van der Waals surface area contributed by atoms with Crippen molar-refractivity contribution in [2.45, 2.75) is 39.0 Å². The maximum atomic E-state index is 9.69. The van der Waals surface area contributed by atoms with E-state index in [1.807, 2.05) is 39.1 Å². The summed E-state index contributed by atoms with van der Waals surface area (Å²) >= 11 is 0. The fourth-order valence-electron chi connectivity index (χ4n) is 1.43. The van der Waals surface area contributed by atoms with Crippen LogP contribution in [0.2, 0.25) is 0 Å². The molecule has 1 rings (SSSR count). The molecule has 0 saturated carbocycles. The van der Waals surface area contributed by atoms with Crippen molar-refractivity contribution in [3.05, 3.63) is 30.1 Å². The van der Waals surface area contributed by atoms with Crippen molar-refractivity contribution in [3.63, 3.8) is 0 Å². The predicted molar refractivity (Wildman–Crippen MR) is 67.7 cm³/mol. The summed E-state index contributed by atoms with van der Waals surface area (Å²) < 4.78 is 5.34. The van der Waals surface area contributed by atoms with E-state index in [4.69, 9.17) is 4.74 Å². The first-order valence-corrected chi connectivity index (χ1v) is 6.02. The van der Waals surface area contributed by atoms with Crippen LogP contribution in [-0.2, 0) is 4.74 Å². The number of hydrogen-bond acceptors (Lipinski definition) is 4. The molecule has 0 aliphatic heterocycles. The molecule has 0 aliphatic rings. The summed E-state index contributed by atoms with van der Waals surface area (Å²) in [6.45, 7) is 6.84. The summed E-state index contributed by atoms with van der Waals surface area (Å²) in [6.07, 6.45) is 3.26. The molecule has 0 spiro atoms. The number of rotatable bonds is 7. The number of nitrogens with one attached hydrogen (secondary N) is 1. The maximum Gasteiger partial charge on any atom is 0.0898 e. The lowest BCUT2D eigenvalue weighted by Gasteiger charge is -2.18. The summed E-state index contributed by atoms with van der Waals surface area (Å²) in [5.41, 5.74) is 1.12. The van der Waals surface area contributed by atoms with Crippen LogP contribution in [0.25, 0.3) is 0 Å². The Balaban J connectivity index is 2.26. The summed E-state index contributed by atoms with van der Waals surface area (Å²) in [6, 6.07) is 4.10. The lowest BCUT2D eigenvalue weighted by molar-refractivity contribution is 0.00560. The van der Waals surface area contributed by atoms with Gasteiger partial charge in [0.25, 0.3) is 0 Å². The molecule has 1 aromatic heterocycles. The Morgan fingerprint density at radius 1 is 1.41 bits per heavy atom. The van der Waals surface area contributed by atoms with Gasteiger partial charge < -0.3 is 15.2 Å². The normalized spacial score (nSPS) is 14.9. The Kier molecular flexibility index (Phi) is 6.11. The summed E-state index contributed by atoms with van der Waals surface area (Å²) in [7, 11) is 0. The van der Waals surface area contributed by atoms with Gasteiger partial charge in [0, 0.05) is 25.0 Å². The zero-order valence-corrected chi connectivity index (χ0v) is 10.8. The number of aliphatic hydroxyl groups excluding tert-OH is 1. The Labute approximate surface area is 103 Å². The zero-order valence-electron chi connectivity index (χ0n) is 10.8. The Morgan fingerprint density at radius 2 is 2.18 bits per heavy atom. The van der Waals surface area contributed by atoms with Crippen molar-refractivity contribution >= 4 is 0 Å². The lowest BCUT2D eigenvalue weighted by Crippen LogP contribution is -2.32. The van der Waals surface area contributed by atoms with Gasteiger partial charge in [-0.25, -0.2) is 0 Å². The topological polar surface area (TPSA) is 54.4 Å². The van der Waals surface area contributed by atoms with Gasteiger partial charge in [-0.15, -0.1) is 0 Å². The van der Waals surface area contributed by atoms with E-state index in [9.17, 15) is 5.11 Å². The number of nitrogens with zero attached hydrogens (tertiary/aromatic N) is 1. The van der Waals surface area contributed by atoms with E-state index in [1.165, 1.54) is 0 Å². The average molecular weight is 238 g/mol. The second-order valence-corrected chi connectivity index (χ2v) is 4.45. The maximum absolute atomic E-state index is 9.69. The molecule has 0 fully saturated rings. The Hall–Kier alpha value is -0.970. The summed E-state index contributed by atoms with van der Waals surface area (Å²) in [5.74, 6) is 0. The van der Waals surface area contributed by atoms with Crippen LogP contribution in [-0.4, -0.2) is 35.5 Å². The highest BCUT2D eigenvalue weighted by molar-refractivity contribution is 5.12. The Morgan fingerprint density at radius 3 is 2.76 bits per heavy atom. The van der Waals surface area contributed by atoms with E-state index in [1.54, 1.807) is 6.20 Å². The van der Waals surface area contributed by atoms with Crippen LogP contribution in [0.1, 0.15) is 32.4 Å². The van der Waals surface area contributed by atoms with Crippen molar-refractivity contribution in [3.8, 4) is 0 Å². The lowest BCUT2D eigenvalue weighted by atomic mass is 10.1. The highest BCUT2D eigenvalue weighted by atomic mass is 16.5. The van der Waals surface area contributed by atoms with Gasteiger partial charge in [0.2, 0.25) is 0 Å². The first kappa shape index (κ1) is 14.1. The molecule has 2 N–H and O–H groups in total. The van der Waals surface area contributed by atoms with Crippen LogP contribution in [0.3, 0.4) is 0 Å². The van der Waals surface area contributed by atoms with Crippen LogP contribution in [0.4, 0.5) is 0 Å². The largest absolute Gasteiger partial charge is 0.389 e. The van der Waals surface area contributed by atoms with E-state index in [0.717, 1.165) is 5.56 Å². The predicted octanol–water partition coefficient (Wildman–Crippen LogP) is 1.52. The third kappa shape index (κ3) is 5.77. The fraction of sp³-hybridized carbons (Fsp3) is 0.615. The second-order valence-electron chi connectivity index (χ2n) is 4.45. The fourth-order valence-corrected chi connectivity index (χ4v) is 1.43. The Bertz CT molecular complexity index is 304. The van der Waals surface area contributed by atoms with Gasteiger partial charge in [0.1, 0.15) is 0 Å². The number of aliphatic hydroxyl groups is 1. The summed E-state index contributed by atoms with van der Waals surface area (Å²) in [4.78, 5) is 4.07. The highest BCUT2D eigenvalue weighted by Crippen LogP contribution is 2.09. The highest BCUT2D eigenvalue weighted by Gasteiger charge is 2.09. The molecule has 1 heterocycles. The van der Waals surface area contributed by atoms with E-state index in [-0.39, 0.29) is 12.1 Å². The molecular weight excluding hydrogens is 216 g/mol. The molecule has 0 bridgehead atoms. The molecular formula is C13H22N2O2. The summed E-state index contributed by atoms with van der Waals surface area (Å²) in [5, 5.41) is 12.9. The van der Waals surface area contributed by atoms with Crippen molar-refractivity contribution in [2.75, 3.05) is 13.2 Å². The molecule has 0 aliphatic carbocycles. The zero-order chi connectivity index (χ0) is 12.7. The monoisotopic (exact) mass is 238 g/mol. The molecule has 1 unspecified atom stereocenters. The van der Waals surface area contributed by atoms with Gasteiger partial charge in [-0.3, -0.25) is 4.98 Å². The van der Waals surface area contributed by atoms with Gasteiger partial charge in [-0.1, -0.05) is 6.07 Å². The molecule has 0 saturated heterocycles. The second kappa shape index (κ2) is 7.37. The van der Waals surface area contributed by atoms with E-state index >= 15 is 0 Å². The van der Waals surface area contributed by atoms with E-state index in [0.29, 0.717) is 13.2 Å². The minimum absolute atomic E-state index is 0.153. The van der Waals surface area contributed by atoms with Crippen LogP contribution in [0.15, 0.2) is 24.5 Å². The molecule has 17 heavy (non-hydrogen) atoms. The standard InChI is InChI=1S/C13H22N2O2/c1-10(2)17-9-13(16)8-15-11(3)12-5-4-6-14-7-12/h4-7,10-11,13,15-16H,8-9H2,1-3H3/t11-,13?/m0/s1. The van der Waals surface area contributed by atoms with Gasteiger partial charge in [-0.05, 0) is 32.4 Å². The number of hydrogen-bond donors (Lipinski definition) is 2. The molecule has 96 valence electrons. The number of ether oxygens (including phenoxy) is 1. The third-order valence-corrected chi connectivity index (χ3v) is 2.47. The van der Waals surface area contributed by atoms with E-state index < -0.39 is 6.10 Å². The van der Waals surface area contributed by atoms with Gasteiger partial charge in [0.15, 0.2) is 0 Å². The molecule has 4 heteroatoms. The molecule has 0 amide bonds. The molecule has 4 nitrogen and oxygen atoms in total. The third-order valence-electron chi connectivity index (χ3n) is 2.47. The first-order valence-electron chi connectivity index (χ1n) is 6.02. The smallest absolute Gasteiger partial charge is 0.0898 e.